The number of ether oxygens (including phenoxy) is 5. The van der Waals surface area contributed by atoms with E-state index in [9.17, 15) is 33.9 Å². The van der Waals surface area contributed by atoms with Gasteiger partial charge in [0.05, 0.1) is 48.6 Å². The number of carbonyl (C=O) groups excluding carboxylic acids is 5. The van der Waals surface area contributed by atoms with Gasteiger partial charge in [0.1, 0.15) is 36.0 Å². The third kappa shape index (κ3) is 11.3. The molecule has 1 N–H and O–H groups in total. The molecule has 3 aromatic carbocycles. The number of carbonyl (C=O) groups is 6. The normalized spacial score (nSPS) is 19.1. The van der Waals surface area contributed by atoms with E-state index in [1.54, 1.807) is 83.7 Å². The Kier molecular flexibility index (Phi) is 15.8. The highest BCUT2D eigenvalue weighted by Crippen LogP contribution is 2.53. The van der Waals surface area contributed by atoms with Crippen molar-refractivity contribution in [2.24, 2.45) is 16.2 Å². The minimum Gasteiger partial charge on any atom is -0.541 e. The smallest absolute Gasteiger partial charge is 0.378 e. The Morgan fingerprint density at radius 3 is 2.08 bits per heavy atom. The first-order valence-electron chi connectivity index (χ1n) is 22.2. The van der Waals surface area contributed by atoms with Crippen LogP contribution in [-0.4, -0.2) is 135 Å². The molecule has 20 nitrogen and oxygen atoms in total. The number of β-lactam (4-membered cyclic amide) rings is 1. The number of nitrogens with zero attached hydrogens (tertiary/aromatic N) is 6. The van der Waals surface area contributed by atoms with E-state index in [4.69, 9.17) is 52.8 Å². The van der Waals surface area contributed by atoms with Gasteiger partial charge in [0.25, 0.3) is 0 Å². The summed E-state index contributed by atoms with van der Waals surface area (Å²) in [6.07, 6.45) is -0.420. The molecule has 2 radical (unpaired) electrons. The summed E-state index contributed by atoms with van der Waals surface area (Å²) in [5.41, 5.74) is -1.82. The van der Waals surface area contributed by atoms with E-state index < -0.39 is 75.1 Å². The summed E-state index contributed by atoms with van der Waals surface area (Å²) in [6, 6.07) is 16.1. The molecule has 3 saturated heterocycles. The lowest BCUT2D eigenvalue weighted by atomic mass is 9.90. The van der Waals surface area contributed by atoms with E-state index in [0.717, 1.165) is 32.8 Å². The number of hydrogen-bond acceptors (Lipinski definition) is 18. The predicted octanol–water partition coefficient (Wildman–Crippen LogP) is 6.16. The first kappa shape index (κ1) is 53.0. The van der Waals surface area contributed by atoms with Crippen LogP contribution >= 0.6 is 34.7 Å². The van der Waals surface area contributed by atoms with Gasteiger partial charge in [-0.2, -0.15) is 5.10 Å². The first-order chi connectivity index (χ1) is 34.1. The highest BCUT2D eigenvalue weighted by molar-refractivity contribution is 8.02. The maximum atomic E-state index is 14.3. The Bertz CT molecular complexity index is 2820. The topological polar surface area (TPSA) is 235 Å². The lowest BCUT2D eigenvalue weighted by Crippen LogP contribution is -2.59. The van der Waals surface area contributed by atoms with Gasteiger partial charge < -0.3 is 43.2 Å². The van der Waals surface area contributed by atoms with Crippen molar-refractivity contribution >= 4 is 89.8 Å². The molecule has 4 aromatic rings. The molecule has 0 bridgehead atoms. The van der Waals surface area contributed by atoms with Crippen LogP contribution in [0.5, 0.6) is 23.0 Å². The largest absolute Gasteiger partial charge is 0.541 e. The molecule has 3 fully saturated rings. The van der Waals surface area contributed by atoms with Crippen LogP contribution < -0.4 is 18.9 Å². The Morgan fingerprint density at radius 1 is 0.903 bits per heavy atom. The number of methoxy groups -OCH3 is 2. The van der Waals surface area contributed by atoms with Crippen molar-refractivity contribution in [1.29, 1.82) is 0 Å². The summed E-state index contributed by atoms with van der Waals surface area (Å²) in [5, 5.41) is 20.9. The van der Waals surface area contributed by atoms with E-state index in [1.807, 2.05) is 12.1 Å². The third-order valence-electron chi connectivity index (χ3n) is 11.4. The van der Waals surface area contributed by atoms with Crippen molar-refractivity contribution in [2.45, 2.75) is 82.6 Å². The average Bonchev–Trinajstić information content (AvgIpc) is 4.06. The Hall–Kier alpha value is -6.85. The summed E-state index contributed by atoms with van der Waals surface area (Å²) in [6.45, 7) is 8.93. The van der Waals surface area contributed by atoms with Crippen LogP contribution in [0.3, 0.4) is 0 Å². The van der Waals surface area contributed by atoms with Gasteiger partial charge in [-0.1, -0.05) is 52.8 Å². The van der Waals surface area contributed by atoms with E-state index in [1.165, 1.54) is 42.2 Å². The summed E-state index contributed by atoms with van der Waals surface area (Å²) in [4.78, 5) is 92.3. The van der Waals surface area contributed by atoms with Crippen molar-refractivity contribution in [3.63, 3.8) is 0 Å². The predicted molar refractivity (Wildman–Crippen MR) is 264 cm³/mol. The number of carboxylic acids is 1. The maximum absolute atomic E-state index is 14.3. The van der Waals surface area contributed by atoms with Crippen LogP contribution in [0, 0.1) is 12.8 Å². The number of ketones is 1. The Labute approximate surface area is 428 Å². The minimum absolute atomic E-state index is 0.00620. The molecule has 0 aliphatic carbocycles. The maximum Gasteiger partial charge on any atom is 0.378 e. The minimum atomic E-state index is -1.94. The molecule has 3 atom stereocenters. The van der Waals surface area contributed by atoms with Gasteiger partial charge in [-0.15, -0.1) is 11.3 Å². The number of hydrazone groups is 1. The van der Waals surface area contributed by atoms with Gasteiger partial charge in [0.2, 0.25) is 16.4 Å². The number of amides is 3. The summed E-state index contributed by atoms with van der Waals surface area (Å²) < 4.78 is 33.0. The molecule has 3 aliphatic heterocycles. The number of aromatic nitrogens is 1. The van der Waals surface area contributed by atoms with Gasteiger partial charge in [0.15, 0.2) is 28.7 Å². The molecule has 7 rings (SSSR count). The number of Topliss-reactive ketones (excluding diaryl/α,β-unsaturated/α-hetero) is 1. The zero-order valence-corrected chi connectivity index (χ0v) is 42.8. The Balaban J connectivity index is 1.12. The number of thiazole rings is 1. The fraction of sp³-hybridized carbons (Fsp3) is 0.396. The number of carboxylic acid groups (broad SMARTS) is 1. The molecular weight excluding hydrogens is 995 g/mol. The van der Waals surface area contributed by atoms with Crippen LogP contribution in [0.25, 0.3) is 0 Å². The molecule has 1 aromatic heterocycles. The Morgan fingerprint density at radius 2 is 1.53 bits per heavy atom. The summed E-state index contributed by atoms with van der Waals surface area (Å²) in [5.74, 6) is -4.11. The number of aliphatic carboxylic acids is 1. The van der Waals surface area contributed by atoms with Crippen LogP contribution in [0.4, 0.5) is 4.79 Å². The number of urea groups is 1. The standard InChI is InChI=1S/C48H50BClN6O14S2/c1-26-51-33(24-71-26)38(53-70-47(5,6)43(61)68-46(2,3)4)34(57)21-32-40(58)54-25-48(44(62)69-49,72-41(32)54)55-19-20-56(45(55)63)52-37(42(59)60)31-17-18-35(66-22-27-9-13-29(64-7)14-10-27)39(36(31)50)67-23-28-11-15-30(65-8)16-12-28/h9-18,24,32,41H,19-23,25H2,1-8H3,(H,59,60)/b52-37?,53-38-/t32-,41-,48-/m1/s1. The number of oxime groups is 1. The molecule has 4 heterocycles. The zero-order valence-electron chi connectivity index (χ0n) is 40.5. The van der Waals surface area contributed by atoms with Gasteiger partial charge in [-0.3, -0.25) is 19.3 Å². The van der Waals surface area contributed by atoms with Crippen LogP contribution in [0.15, 0.2) is 76.3 Å². The number of hydrogen-bond donors (Lipinski definition) is 1. The third-order valence-corrected chi connectivity index (χ3v) is 14.3. The highest BCUT2D eigenvalue weighted by atomic mass is 35.5. The van der Waals surface area contributed by atoms with Crippen LogP contribution in [-0.2, 0) is 51.4 Å². The number of halogens is 1. The molecule has 3 amide bonds. The van der Waals surface area contributed by atoms with Gasteiger partial charge >= 0.3 is 32.0 Å². The lowest BCUT2D eigenvalue weighted by Gasteiger charge is -2.40. The van der Waals surface area contributed by atoms with Crippen LogP contribution in [0.1, 0.15) is 68.4 Å². The summed E-state index contributed by atoms with van der Waals surface area (Å²) in [7, 11) is 8.56. The monoisotopic (exact) mass is 1040 g/mol. The summed E-state index contributed by atoms with van der Waals surface area (Å²) >= 11 is 9.09. The molecule has 0 spiro atoms. The fourth-order valence-corrected chi connectivity index (χ4v) is 10.3. The average molecular weight is 1050 g/mol. The van der Waals surface area contributed by atoms with Gasteiger partial charge in [0, 0.05) is 23.9 Å². The van der Waals surface area contributed by atoms with E-state index in [-0.39, 0.29) is 66.3 Å². The second kappa shape index (κ2) is 21.5. The zero-order chi connectivity index (χ0) is 52.3. The number of rotatable bonds is 20. The second-order valence-electron chi connectivity index (χ2n) is 18.0. The van der Waals surface area contributed by atoms with E-state index in [2.05, 4.69) is 15.2 Å². The van der Waals surface area contributed by atoms with Gasteiger partial charge in [-0.25, -0.2) is 24.4 Å². The number of aryl methyl sites for hydroxylation is 1. The van der Waals surface area contributed by atoms with Gasteiger partial charge in [-0.05, 0) is 89.1 Å². The van der Waals surface area contributed by atoms with Crippen molar-refractivity contribution in [3.8, 4) is 23.0 Å². The molecule has 0 saturated carbocycles. The SMILES string of the molecule is [B]OC(=O)[C@@]1(N2CCN(N=C(C(=O)O)c3ccc(OCc4ccc(OC)cc4)c(OCc4ccc(OC)cc4)c3Cl)C2=O)CN2C(=O)[C@@H](CC(=O)/C(=N\OC(C)(C)C(=O)OC(C)(C)C)c3csc(C)n3)[C@H]2S1. The van der Waals surface area contributed by atoms with E-state index >= 15 is 0 Å². The van der Waals surface area contributed by atoms with Crippen molar-refractivity contribution in [3.05, 3.63) is 98.5 Å². The number of fused-ring (bicyclic) bond motifs is 1. The number of benzene rings is 3. The first-order valence-corrected chi connectivity index (χ1v) is 24.3. The number of esters is 1. The molecule has 0 unspecified atom stereocenters. The molecule has 72 heavy (non-hydrogen) atoms. The highest BCUT2D eigenvalue weighted by Gasteiger charge is 2.66. The quantitative estimate of drug-likeness (QED) is 0.0343. The molecule has 378 valence electrons. The second-order valence-corrected chi connectivity index (χ2v) is 20.9. The van der Waals surface area contributed by atoms with Crippen LogP contribution in [0.2, 0.25) is 5.02 Å². The molecular formula is C48H50BClN6O14S2. The fourth-order valence-electron chi connectivity index (χ4n) is 7.65. The van der Waals surface area contributed by atoms with Crippen molar-refractivity contribution in [2.75, 3.05) is 33.9 Å². The molecule has 24 heteroatoms. The van der Waals surface area contributed by atoms with Crippen molar-refractivity contribution in [1.82, 2.24) is 19.8 Å². The van der Waals surface area contributed by atoms with E-state index in [0.29, 0.717) is 16.5 Å². The lowest BCUT2D eigenvalue weighted by molar-refractivity contribution is -0.179. The van der Waals surface area contributed by atoms with Crippen molar-refractivity contribution < 1.29 is 67.1 Å². The molecule has 3 aliphatic rings. The number of thioether (sulfide) groups is 1.